The van der Waals surface area contributed by atoms with Crippen molar-refractivity contribution in [3.8, 4) is 0 Å². The summed E-state index contributed by atoms with van der Waals surface area (Å²) < 4.78 is 10.7. The first-order chi connectivity index (χ1) is 8.29. The van der Waals surface area contributed by atoms with Crippen molar-refractivity contribution in [2.45, 2.75) is 12.5 Å². The number of benzene rings is 1. The molecule has 1 aromatic rings. The third-order valence-corrected chi connectivity index (χ3v) is 2.90. The molecule has 0 fully saturated rings. The molecule has 0 bridgehead atoms. The molecular weight excluding hydrogens is 261 g/mol. The molecule has 0 aromatic heterocycles. The molecule has 0 aliphatic heterocycles. The highest BCUT2D eigenvalue weighted by Crippen LogP contribution is 2.35. The topological polar surface area (TPSA) is 118 Å². The first kappa shape index (κ1) is 14.8. The van der Waals surface area contributed by atoms with Crippen molar-refractivity contribution in [2.24, 2.45) is 0 Å². The number of carboxylic acids is 1. The lowest BCUT2D eigenvalue weighted by molar-refractivity contribution is -0.165. The van der Waals surface area contributed by atoms with Gasteiger partial charge in [0.15, 0.2) is 0 Å². The van der Waals surface area contributed by atoms with E-state index < -0.39 is 25.9 Å². The van der Waals surface area contributed by atoms with Gasteiger partial charge in [0.2, 0.25) is 0 Å². The average Bonchev–Trinajstić information content (AvgIpc) is 2.24. The Hall–Kier alpha value is -1.24. The Bertz CT molecular complexity index is 445. The summed E-state index contributed by atoms with van der Waals surface area (Å²) in [4.78, 5) is 28.4. The second-order valence-corrected chi connectivity index (χ2v) is 5.40. The molecule has 0 saturated heterocycles. The SMILES string of the molecule is O=C(O)C(Cc1ccccc1)N(O)CP(=O)(O)O. The fourth-order valence-electron chi connectivity index (χ4n) is 1.44. The number of rotatable bonds is 6. The quantitative estimate of drug-likeness (QED) is 0.441. The lowest BCUT2D eigenvalue weighted by Gasteiger charge is -2.22. The molecule has 1 unspecified atom stereocenters. The molecule has 8 heteroatoms. The molecule has 0 radical (unpaired) electrons. The highest BCUT2D eigenvalue weighted by molar-refractivity contribution is 7.51. The minimum atomic E-state index is -4.51. The number of carboxylic acid groups (broad SMARTS) is 1. The third-order valence-electron chi connectivity index (χ3n) is 2.25. The Morgan fingerprint density at radius 1 is 1.28 bits per heavy atom. The van der Waals surface area contributed by atoms with Gasteiger partial charge in [0, 0.05) is 6.42 Å². The average molecular weight is 275 g/mol. The van der Waals surface area contributed by atoms with Gasteiger partial charge in [-0.15, -0.1) is 0 Å². The molecule has 0 aliphatic carbocycles. The minimum Gasteiger partial charge on any atom is -0.480 e. The Morgan fingerprint density at radius 3 is 2.28 bits per heavy atom. The van der Waals surface area contributed by atoms with Gasteiger partial charge in [-0.25, -0.2) is 0 Å². The first-order valence-electron chi connectivity index (χ1n) is 5.06. The van der Waals surface area contributed by atoms with Crippen LogP contribution in [0.15, 0.2) is 30.3 Å². The maximum atomic E-state index is 11.0. The lowest BCUT2D eigenvalue weighted by Crippen LogP contribution is -2.41. The van der Waals surface area contributed by atoms with Gasteiger partial charge < -0.3 is 20.1 Å². The van der Waals surface area contributed by atoms with E-state index in [4.69, 9.17) is 14.9 Å². The van der Waals surface area contributed by atoms with E-state index in [1.165, 1.54) is 0 Å². The van der Waals surface area contributed by atoms with Crippen molar-refractivity contribution in [1.29, 1.82) is 0 Å². The standard InChI is InChI=1S/C10H14NO6P/c12-10(13)9(11(14)7-18(15,16)17)6-8-4-2-1-3-5-8/h1-5,9,14H,6-7H2,(H,12,13)(H2,15,16,17). The van der Waals surface area contributed by atoms with Gasteiger partial charge in [-0.2, -0.15) is 5.06 Å². The second kappa shape index (κ2) is 6.08. The van der Waals surface area contributed by atoms with E-state index in [-0.39, 0.29) is 11.5 Å². The predicted molar refractivity (Wildman–Crippen MR) is 62.1 cm³/mol. The molecule has 0 aliphatic rings. The van der Waals surface area contributed by atoms with Crippen LogP contribution in [0.4, 0.5) is 0 Å². The molecule has 0 amide bonds. The second-order valence-electron chi connectivity index (χ2n) is 3.79. The first-order valence-corrected chi connectivity index (χ1v) is 6.86. The van der Waals surface area contributed by atoms with Crippen molar-refractivity contribution in [1.82, 2.24) is 5.06 Å². The molecule has 1 rings (SSSR count). The zero-order valence-corrected chi connectivity index (χ0v) is 10.3. The van der Waals surface area contributed by atoms with Crippen LogP contribution in [0.3, 0.4) is 0 Å². The molecule has 7 nitrogen and oxygen atoms in total. The van der Waals surface area contributed by atoms with E-state index in [0.717, 1.165) is 0 Å². The summed E-state index contributed by atoms with van der Waals surface area (Å²) in [5.41, 5.74) is 0.648. The number of hydroxylamine groups is 2. The molecule has 4 N–H and O–H groups in total. The van der Waals surface area contributed by atoms with Gasteiger partial charge in [-0.3, -0.25) is 9.36 Å². The number of hydrogen-bond donors (Lipinski definition) is 4. The summed E-state index contributed by atoms with van der Waals surface area (Å²) in [7, 11) is -4.51. The van der Waals surface area contributed by atoms with Crippen LogP contribution < -0.4 is 0 Å². The Balaban J connectivity index is 2.78. The van der Waals surface area contributed by atoms with Crippen LogP contribution in [0.5, 0.6) is 0 Å². The van der Waals surface area contributed by atoms with Crippen LogP contribution in [0.25, 0.3) is 0 Å². The van der Waals surface area contributed by atoms with Crippen molar-refractivity contribution in [3.63, 3.8) is 0 Å². The smallest absolute Gasteiger partial charge is 0.341 e. The van der Waals surface area contributed by atoms with E-state index in [9.17, 15) is 14.6 Å². The zero-order valence-electron chi connectivity index (χ0n) is 9.38. The normalized spacial score (nSPS) is 13.6. The summed E-state index contributed by atoms with van der Waals surface area (Å²) in [6.45, 7) is 0. The van der Waals surface area contributed by atoms with Crippen molar-refractivity contribution < 1.29 is 29.5 Å². The molecule has 1 atom stereocenters. The van der Waals surface area contributed by atoms with Crippen LogP contribution >= 0.6 is 7.60 Å². The third kappa shape index (κ3) is 4.95. The van der Waals surface area contributed by atoms with E-state index in [0.29, 0.717) is 5.56 Å². The summed E-state index contributed by atoms with van der Waals surface area (Å²) >= 11 is 0. The van der Waals surface area contributed by atoms with Gasteiger partial charge in [-0.1, -0.05) is 30.3 Å². The van der Waals surface area contributed by atoms with E-state index >= 15 is 0 Å². The number of nitrogens with zero attached hydrogens (tertiary/aromatic N) is 1. The van der Waals surface area contributed by atoms with Gasteiger partial charge in [-0.05, 0) is 5.56 Å². The Kier molecular flexibility index (Phi) is 5.01. The number of aliphatic carboxylic acids is 1. The van der Waals surface area contributed by atoms with Gasteiger partial charge in [0.25, 0.3) is 0 Å². The summed E-state index contributed by atoms with van der Waals surface area (Å²) in [6.07, 6.45) is -1.07. The van der Waals surface area contributed by atoms with Crippen LogP contribution in [0, 0.1) is 0 Å². The van der Waals surface area contributed by atoms with Gasteiger partial charge >= 0.3 is 13.6 Å². The number of hydrogen-bond acceptors (Lipinski definition) is 4. The molecule has 1 aromatic carbocycles. The number of carbonyl (C=O) groups is 1. The fraction of sp³-hybridized carbons (Fsp3) is 0.300. The predicted octanol–water partition coefficient (Wildman–Crippen LogP) is 0.509. The maximum absolute atomic E-state index is 11.0. The van der Waals surface area contributed by atoms with Crippen LogP contribution in [0.1, 0.15) is 5.56 Å². The monoisotopic (exact) mass is 275 g/mol. The largest absolute Gasteiger partial charge is 0.480 e. The maximum Gasteiger partial charge on any atom is 0.341 e. The Labute approximate surface area is 103 Å². The van der Waals surface area contributed by atoms with Crippen LogP contribution in [-0.2, 0) is 15.8 Å². The zero-order chi connectivity index (χ0) is 13.8. The molecule has 0 saturated carbocycles. The van der Waals surface area contributed by atoms with E-state index in [1.807, 2.05) is 0 Å². The van der Waals surface area contributed by atoms with E-state index in [2.05, 4.69) is 0 Å². The molecule has 18 heavy (non-hydrogen) atoms. The lowest BCUT2D eigenvalue weighted by atomic mass is 10.1. The van der Waals surface area contributed by atoms with Crippen molar-refractivity contribution >= 4 is 13.6 Å². The molecule has 0 heterocycles. The molecular formula is C10H14NO6P. The fourth-order valence-corrected chi connectivity index (χ4v) is 2.02. The summed E-state index contributed by atoms with van der Waals surface area (Å²) in [5, 5.41) is 18.5. The summed E-state index contributed by atoms with van der Waals surface area (Å²) in [5.74, 6) is -1.35. The minimum absolute atomic E-state index is 0.0489. The highest BCUT2D eigenvalue weighted by atomic mass is 31.2. The van der Waals surface area contributed by atoms with E-state index in [1.54, 1.807) is 30.3 Å². The van der Waals surface area contributed by atoms with Gasteiger partial charge in [0.05, 0.1) is 0 Å². The highest BCUT2D eigenvalue weighted by Gasteiger charge is 2.29. The molecule has 100 valence electrons. The molecule has 0 spiro atoms. The Morgan fingerprint density at radius 2 is 1.83 bits per heavy atom. The van der Waals surface area contributed by atoms with Gasteiger partial charge in [0.1, 0.15) is 12.3 Å². The summed E-state index contributed by atoms with van der Waals surface area (Å²) in [6, 6.07) is 7.10. The van der Waals surface area contributed by atoms with Crippen molar-refractivity contribution in [2.75, 3.05) is 6.29 Å². The van der Waals surface area contributed by atoms with Crippen molar-refractivity contribution in [3.05, 3.63) is 35.9 Å². The van der Waals surface area contributed by atoms with Crippen LogP contribution in [-0.4, -0.2) is 43.5 Å². The van der Waals surface area contributed by atoms with Crippen LogP contribution in [0.2, 0.25) is 0 Å².